The lowest BCUT2D eigenvalue weighted by molar-refractivity contribution is 1.19. The summed E-state index contributed by atoms with van der Waals surface area (Å²) in [5.74, 6) is 0. The van der Waals surface area contributed by atoms with Gasteiger partial charge in [-0.1, -0.05) is 231 Å². The molecule has 14 aromatic rings. The molecule has 0 saturated heterocycles. The summed E-state index contributed by atoms with van der Waals surface area (Å²) in [7, 11) is 0. The van der Waals surface area contributed by atoms with E-state index in [4.69, 9.17) is 0 Å². The van der Waals surface area contributed by atoms with Crippen molar-refractivity contribution in [2.45, 2.75) is 0 Å². The van der Waals surface area contributed by atoms with Gasteiger partial charge in [0.05, 0.1) is 22.4 Å². The van der Waals surface area contributed by atoms with Gasteiger partial charge in [-0.25, -0.2) is 0 Å². The zero-order valence-corrected chi connectivity index (χ0v) is 39.5. The van der Waals surface area contributed by atoms with Crippen LogP contribution in [0.1, 0.15) is 0 Å². The number of para-hydroxylation sites is 3. The van der Waals surface area contributed by atoms with E-state index in [1.807, 2.05) is 0 Å². The van der Waals surface area contributed by atoms with Crippen LogP contribution in [0.25, 0.3) is 115 Å². The Morgan fingerprint density at radius 1 is 0.250 bits per heavy atom. The molecule has 0 fully saturated rings. The molecule has 0 unspecified atom stereocenters. The molecule has 1 aromatic heterocycles. The van der Waals surface area contributed by atoms with E-state index < -0.39 is 0 Å². The van der Waals surface area contributed by atoms with Crippen LogP contribution in [0.4, 0.5) is 17.1 Å². The molecule has 2 nitrogen and oxygen atoms in total. The van der Waals surface area contributed by atoms with E-state index in [9.17, 15) is 0 Å². The number of anilines is 3. The van der Waals surface area contributed by atoms with Crippen molar-refractivity contribution in [2.24, 2.45) is 0 Å². The van der Waals surface area contributed by atoms with E-state index in [0.29, 0.717) is 0 Å². The van der Waals surface area contributed by atoms with Gasteiger partial charge in [0.25, 0.3) is 0 Å². The summed E-state index contributed by atoms with van der Waals surface area (Å²) in [5, 5.41) is 12.6. The van der Waals surface area contributed by atoms with Gasteiger partial charge in [-0.15, -0.1) is 0 Å². The molecule has 1 heterocycles. The van der Waals surface area contributed by atoms with Crippen molar-refractivity contribution in [2.75, 3.05) is 4.90 Å². The van der Waals surface area contributed by atoms with Gasteiger partial charge in [0.1, 0.15) is 0 Å². The monoisotopic (exact) mass is 914 g/mol. The Hall–Kier alpha value is -9.50. The summed E-state index contributed by atoms with van der Waals surface area (Å²) in [6, 6.07) is 102. The first-order valence-electron chi connectivity index (χ1n) is 24.8. The van der Waals surface area contributed by atoms with E-state index in [1.165, 1.54) is 87.1 Å². The summed E-state index contributed by atoms with van der Waals surface area (Å²) in [6.45, 7) is 0. The van der Waals surface area contributed by atoms with Crippen molar-refractivity contribution in [3.63, 3.8) is 0 Å². The Bertz CT molecular complexity index is 4360. The number of hydrogen-bond acceptors (Lipinski definition) is 1. The highest BCUT2D eigenvalue weighted by Gasteiger charge is 2.22. The molecule has 0 aliphatic rings. The fraction of sp³-hybridized carbons (Fsp3) is 0. The van der Waals surface area contributed by atoms with E-state index >= 15 is 0 Å². The van der Waals surface area contributed by atoms with Crippen molar-refractivity contribution >= 4 is 82.0 Å². The predicted molar refractivity (Wildman–Crippen MR) is 307 cm³/mol. The van der Waals surface area contributed by atoms with Gasteiger partial charge in [0.15, 0.2) is 0 Å². The summed E-state index contributed by atoms with van der Waals surface area (Å²) in [6.07, 6.45) is 0. The van der Waals surface area contributed by atoms with Crippen LogP contribution >= 0.6 is 0 Å². The number of nitrogens with zero attached hydrogens (tertiary/aromatic N) is 2. The lowest BCUT2D eigenvalue weighted by atomic mass is 9.91. The molecular weight excluding hydrogens is 869 g/mol. The van der Waals surface area contributed by atoms with Crippen molar-refractivity contribution in [3.8, 4) is 50.2 Å². The Kier molecular flexibility index (Phi) is 9.89. The van der Waals surface area contributed by atoms with Gasteiger partial charge in [-0.2, -0.15) is 0 Å². The Morgan fingerprint density at radius 2 is 0.708 bits per heavy atom. The second-order valence-corrected chi connectivity index (χ2v) is 18.8. The molecular formula is C70H46N2. The topological polar surface area (TPSA) is 8.17 Å². The summed E-state index contributed by atoms with van der Waals surface area (Å²) in [4.78, 5) is 2.46. The predicted octanol–water partition coefficient (Wildman–Crippen LogP) is 19.5. The maximum Gasteiger partial charge on any atom is 0.0619 e. The molecule has 0 N–H and O–H groups in total. The average Bonchev–Trinajstić information content (AvgIpc) is 3.81. The molecule has 0 amide bonds. The second kappa shape index (κ2) is 17.2. The summed E-state index contributed by atoms with van der Waals surface area (Å²) in [5.41, 5.74) is 16.2. The molecule has 2 heteroatoms. The highest BCUT2D eigenvalue weighted by molar-refractivity contribution is 6.21. The van der Waals surface area contributed by atoms with Gasteiger partial charge < -0.3 is 9.47 Å². The maximum atomic E-state index is 2.46. The van der Waals surface area contributed by atoms with Gasteiger partial charge in [-0.3, -0.25) is 0 Å². The number of hydrogen-bond donors (Lipinski definition) is 0. The van der Waals surface area contributed by atoms with Crippen molar-refractivity contribution in [3.05, 3.63) is 279 Å². The first kappa shape index (κ1) is 41.5. The lowest BCUT2D eigenvalue weighted by Crippen LogP contribution is -2.12. The minimum absolute atomic E-state index is 1.07. The zero-order valence-electron chi connectivity index (χ0n) is 39.5. The van der Waals surface area contributed by atoms with Crippen LogP contribution in [0, 0.1) is 0 Å². The third-order valence-corrected chi connectivity index (χ3v) is 14.8. The lowest BCUT2D eigenvalue weighted by Gasteiger charge is -2.30. The first-order valence-corrected chi connectivity index (χ1v) is 24.8. The number of fused-ring (bicyclic) bond motifs is 10. The van der Waals surface area contributed by atoms with Gasteiger partial charge in [-0.05, 0) is 120 Å². The zero-order chi connectivity index (χ0) is 47.5. The van der Waals surface area contributed by atoms with Crippen molar-refractivity contribution in [1.82, 2.24) is 4.57 Å². The smallest absolute Gasteiger partial charge is 0.0619 e. The molecule has 72 heavy (non-hydrogen) atoms. The van der Waals surface area contributed by atoms with Crippen LogP contribution in [0.2, 0.25) is 0 Å². The van der Waals surface area contributed by atoms with Crippen LogP contribution < -0.4 is 4.90 Å². The minimum Gasteiger partial charge on any atom is -0.309 e. The molecule has 0 radical (unpaired) electrons. The molecule has 14 rings (SSSR count). The molecule has 13 aromatic carbocycles. The number of benzene rings is 13. The highest BCUT2D eigenvalue weighted by atomic mass is 15.1. The normalized spacial score (nSPS) is 11.6. The first-order chi connectivity index (χ1) is 35.7. The third-order valence-electron chi connectivity index (χ3n) is 14.8. The van der Waals surface area contributed by atoms with E-state index in [1.54, 1.807) is 0 Å². The van der Waals surface area contributed by atoms with E-state index in [0.717, 1.165) is 45.0 Å². The molecule has 336 valence electrons. The molecule has 0 aliphatic heterocycles. The highest BCUT2D eigenvalue weighted by Crippen LogP contribution is 2.47. The molecule has 0 saturated carbocycles. The summed E-state index contributed by atoms with van der Waals surface area (Å²) < 4.78 is 2.44. The molecule has 0 spiro atoms. The maximum absolute atomic E-state index is 2.46. The quantitative estimate of drug-likeness (QED) is 0.138. The molecule has 0 aliphatic carbocycles. The van der Waals surface area contributed by atoms with Crippen LogP contribution in [-0.2, 0) is 0 Å². The van der Waals surface area contributed by atoms with E-state index in [2.05, 4.69) is 289 Å². The van der Waals surface area contributed by atoms with Crippen LogP contribution in [-0.4, -0.2) is 4.57 Å². The van der Waals surface area contributed by atoms with Crippen molar-refractivity contribution in [1.29, 1.82) is 0 Å². The fourth-order valence-electron chi connectivity index (χ4n) is 11.4. The van der Waals surface area contributed by atoms with Crippen LogP contribution in [0.3, 0.4) is 0 Å². The fourth-order valence-corrected chi connectivity index (χ4v) is 11.4. The third kappa shape index (κ3) is 6.88. The minimum atomic E-state index is 1.07. The molecule has 0 atom stereocenters. The molecule has 0 bridgehead atoms. The van der Waals surface area contributed by atoms with Crippen LogP contribution in [0.15, 0.2) is 279 Å². The largest absolute Gasteiger partial charge is 0.309 e. The Labute approximate surface area is 418 Å². The van der Waals surface area contributed by atoms with Crippen molar-refractivity contribution < 1.29 is 0 Å². The Balaban J connectivity index is 0.928. The number of rotatable bonds is 8. The average molecular weight is 915 g/mol. The van der Waals surface area contributed by atoms with Gasteiger partial charge in [0, 0.05) is 38.7 Å². The van der Waals surface area contributed by atoms with Gasteiger partial charge in [0.2, 0.25) is 0 Å². The Morgan fingerprint density at radius 3 is 1.40 bits per heavy atom. The summed E-state index contributed by atoms with van der Waals surface area (Å²) >= 11 is 0. The van der Waals surface area contributed by atoms with E-state index in [-0.39, 0.29) is 0 Å². The second-order valence-electron chi connectivity index (χ2n) is 18.8. The number of aromatic nitrogens is 1. The standard InChI is InChI=1S/C70H46N2/c1-2-16-47(17-3-1)48-30-32-51(33-31-48)57-21-10-13-27-67(57)71(54-40-36-53(37-41-54)65-46-66-56-20-6-4-18-49(56)38-44-62(66)60-24-8-9-25-61(60)65)68-28-14-11-22-58(68)52-34-42-55(43-35-52)72-69-29-15-12-26-63(69)64-45-39-50-19-5-7-23-59(50)70(64)72/h1-46H. The van der Waals surface area contributed by atoms with Gasteiger partial charge >= 0.3 is 0 Å². The SMILES string of the molecule is c1ccc(-c2ccc(-c3ccccc3N(c3ccc(-c4cc5c6ccccc6ccc5c5ccccc45)cc3)c3ccccc3-c3ccc(-n4c5ccccc5c5ccc6ccccc6c54)cc3)cc2)cc1. The van der Waals surface area contributed by atoms with Crippen LogP contribution in [0.5, 0.6) is 0 Å².